The highest BCUT2D eigenvalue weighted by atomic mass is 19.1. The number of halogens is 1. The van der Waals surface area contributed by atoms with Crippen molar-refractivity contribution in [2.45, 2.75) is 31.6 Å². The molecule has 1 aromatic heterocycles. The fourth-order valence-corrected chi connectivity index (χ4v) is 4.21. The molecule has 0 unspecified atom stereocenters. The Hall–Kier alpha value is -2.40. The first kappa shape index (κ1) is 18.0. The van der Waals surface area contributed by atoms with E-state index in [9.17, 15) is 4.39 Å². The quantitative estimate of drug-likeness (QED) is 0.639. The van der Waals surface area contributed by atoms with Crippen LogP contribution in [0.25, 0.3) is 11.1 Å². The molecule has 4 nitrogen and oxygen atoms in total. The first-order chi connectivity index (χ1) is 13.2. The molecule has 0 N–H and O–H groups in total. The van der Waals surface area contributed by atoms with Crippen LogP contribution < -0.4 is 4.74 Å². The molecule has 0 saturated carbocycles. The first-order valence-electron chi connectivity index (χ1n) is 9.51. The number of hydrogen-bond acceptors (Lipinski definition) is 4. The third-order valence-corrected chi connectivity index (χ3v) is 5.58. The van der Waals surface area contributed by atoms with Crippen molar-refractivity contribution in [2.24, 2.45) is 0 Å². The SMILES string of the molecule is COc1ccc(F)c2c1CCC[C@H]2CN(C)CCc1ccc2ocnc2c1. The standard InChI is InChI=1S/C22H25FN2O2/c1-25(11-10-15-6-8-21-19(12-15)24-14-27-21)13-16-4-3-5-17-20(26-2)9-7-18(23)22(16)17/h6-9,12,14,16H,3-5,10-11,13H2,1-2H3/t16-/m0/s1. The zero-order valence-corrected chi connectivity index (χ0v) is 15.9. The average Bonchev–Trinajstić information content (AvgIpc) is 3.14. The predicted octanol–water partition coefficient (Wildman–Crippen LogP) is 4.57. The lowest BCUT2D eigenvalue weighted by Crippen LogP contribution is -2.29. The average molecular weight is 368 g/mol. The number of oxazole rings is 1. The van der Waals surface area contributed by atoms with Crippen molar-refractivity contribution in [1.82, 2.24) is 9.88 Å². The molecule has 1 aliphatic rings. The van der Waals surface area contributed by atoms with E-state index in [1.165, 1.54) is 12.0 Å². The highest BCUT2D eigenvalue weighted by molar-refractivity contribution is 5.72. The zero-order valence-electron chi connectivity index (χ0n) is 15.9. The number of nitrogens with zero attached hydrogens (tertiary/aromatic N) is 2. The van der Waals surface area contributed by atoms with Crippen molar-refractivity contribution in [2.75, 3.05) is 27.2 Å². The molecule has 0 saturated heterocycles. The van der Waals surface area contributed by atoms with E-state index in [0.29, 0.717) is 0 Å². The second-order valence-electron chi connectivity index (χ2n) is 7.40. The summed E-state index contributed by atoms with van der Waals surface area (Å²) in [5.74, 6) is 0.937. The molecular formula is C22H25FN2O2. The zero-order chi connectivity index (χ0) is 18.8. The van der Waals surface area contributed by atoms with Crippen LogP contribution in [-0.4, -0.2) is 37.1 Å². The minimum atomic E-state index is -0.0969. The molecule has 0 bridgehead atoms. The molecule has 4 rings (SSSR count). The fraction of sp³-hybridized carbons (Fsp3) is 0.409. The molecule has 142 valence electrons. The van der Waals surface area contributed by atoms with Crippen LogP contribution in [0.2, 0.25) is 0 Å². The van der Waals surface area contributed by atoms with Crippen LogP contribution in [0.1, 0.15) is 35.4 Å². The van der Waals surface area contributed by atoms with Gasteiger partial charge in [0.05, 0.1) is 7.11 Å². The van der Waals surface area contributed by atoms with E-state index in [1.807, 2.05) is 6.07 Å². The molecule has 1 heterocycles. The van der Waals surface area contributed by atoms with E-state index in [4.69, 9.17) is 9.15 Å². The van der Waals surface area contributed by atoms with Gasteiger partial charge in [0.15, 0.2) is 12.0 Å². The van der Waals surface area contributed by atoms with E-state index in [2.05, 4.69) is 29.1 Å². The summed E-state index contributed by atoms with van der Waals surface area (Å²) in [5.41, 5.74) is 4.86. The molecule has 0 aliphatic heterocycles. The molecular weight excluding hydrogens is 343 g/mol. The number of aromatic nitrogens is 1. The Balaban J connectivity index is 1.43. The molecule has 1 atom stereocenters. The topological polar surface area (TPSA) is 38.5 Å². The van der Waals surface area contributed by atoms with Crippen LogP contribution in [0.4, 0.5) is 4.39 Å². The van der Waals surface area contributed by atoms with E-state index < -0.39 is 0 Å². The predicted molar refractivity (Wildman–Crippen MR) is 104 cm³/mol. The number of rotatable bonds is 6. The second kappa shape index (κ2) is 7.69. The Morgan fingerprint density at radius 2 is 2.19 bits per heavy atom. The van der Waals surface area contributed by atoms with Crippen molar-refractivity contribution in [3.8, 4) is 5.75 Å². The number of hydrogen-bond donors (Lipinski definition) is 0. The summed E-state index contributed by atoms with van der Waals surface area (Å²) in [7, 11) is 3.77. The lowest BCUT2D eigenvalue weighted by molar-refractivity contribution is 0.295. The first-order valence-corrected chi connectivity index (χ1v) is 9.51. The lowest BCUT2D eigenvalue weighted by atomic mass is 9.81. The van der Waals surface area contributed by atoms with E-state index in [0.717, 1.165) is 66.7 Å². The van der Waals surface area contributed by atoms with Crippen molar-refractivity contribution >= 4 is 11.1 Å². The second-order valence-corrected chi connectivity index (χ2v) is 7.40. The number of fused-ring (bicyclic) bond motifs is 2. The van der Waals surface area contributed by atoms with Crippen LogP contribution in [0.3, 0.4) is 0 Å². The summed E-state index contributed by atoms with van der Waals surface area (Å²) < 4.78 is 25.3. The van der Waals surface area contributed by atoms with E-state index in [-0.39, 0.29) is 11.7 Å². The lowest BCUT2D eigenvalue weighted by Gasteiger charge is -2.30. The Morgan fingerprint density at radius 1 is 1.30 bits per heavy atom. The minimum absolute atomic E-state index is 0.0969. The summed E-state index contributed by atoms with van der Waals surface area (Å²) in [4.78, 5) is 6.51. The van der Waals surface area contributed by atoms with Gasteiger partial charge in [-0.15, -0.1) is 0 Å². The van der Waals surface area contributed by atoms with Gasteiger partial charge in [-0.05, 0) is 74.0 Å². The normalized spacial score (nSPS) is 16.7. The summed E-state index contributed by atoms with van der Waals surface area (Å²) in [6, 6.07) is 9.43. The Bertz CT molecular complexity index is 937. The third-order valence-electron chi connectivity index (χ3n) is 5.58. The maximum absolute atomic E-state index is 14.6. The Labute approximate surface area is 159 Å². The van der Waals surface area contributed by atoms with Gasteiger partial charge in [0, 0.05) is 18.7 Å². The third kappa shape index (κ3) is 3.69. The summed E-state index contributed by atoms with van der Waals surface area (Å²) >= 11 is 0. The summed E-state index contributed by atoms with van der Waals surface area (Å²) in [5, 5.41) is 0. The van der Waals surface area contributed by atoms with Gasteiger partial charge in [-0.25, -0.2) is 9.37 Å². The minimum Gasteiger partial charge on any atom is -0.496 e. The molecule has 27 heavy (non-hydrogen) atoms. The van der Waals surface area contributed by atoms with Crippen LogP contribution in [0, 0.1) is 5.82 Å². The van der Waals surface area contributed by atoms with Gasteiger partial charge < -0.3 is 14.1 Å². The molecule has 3 aromatic rings. The number of ether oxygens (including phenoxy) is 1. The molecule has 5 heteroatoms. The smallest absolute Gasteiger partial charge is 0.181 e. The Morgan fingerprint density at radius 3 is 3.04 bits per heavy atom. The number of benzene rings is 2. The van der Waals surface area contributed by atoms with Crippen LogP contribution >= 0.6 is 0 Å². The van der Waals surface area contributed by atoms with Crippen LogP contribution in [0.15, 0.2) is 41.1 Å². The van der Waals surface area contributed by atoms with Crippen molar-refractivity contribution < 1.29 is 13.5 Å². The molecule has 0 fully saturated rings. The monoisotopic (exact) mass is 368 g/mol. The van der Waals surface area contributed by atoms with Crippen molar-refractivity contribution in [3.05, 3.63) is 59.2 Å². The van der Waals surface area contributed by atoms with Gasteiger partial charge in [-0.2, -0.15) is 0 Å². The highest BCUT2D eigenvalue weighted by Gasteiger charge is 2.27. The summed E-state index contributed by atoms with van der Waals surface area (Å²) in [6.45, 7) is 1.77. The van der Waals surface area contributed by atoms with Gasteiger partial charge in [-0.1, -0.05) is 6.07 Å². The Kier molecular flexibility index (Phi) is 5.12. The number of methoxy groups -OCH3 is 1. The summed E-state index contributed by atoms with van der Waals surface area (Å²) in [6.07, 6.45) is 5.40. The highest BCUT2D eigenvalue weighted by Crippen LogP contribution is 2.38. The maximum Gasteiger partial charge on any atom is 0.181 e. The molecule has 0 radical (unpaired) electrons. The van der Waals surface area contributed by atoms with Gasteiger partial charge in [-0.3, -0.25) is 0 Å². The van der Waals surface area contributed by atoms with Gasteiger partial charge >= 0.3 is 0 Å². The molecule has 0 spiro atoms. The van der Waals surface area contributed by atoms with Gasteiger partial charge in [0.25, 0.3) is 0 Å². The fourth-order valence-electron chi connectivity index (χ4n) is 4.21. The van der Waals surface area contributed by atoms with Crippen molar-refractivity contribution in [1.29, 1.82) is 0 Å². The van der Waals surface area contributed by atoms with Crippen LogP contribution in [0.5, 0.6) is 5.75 Å². The van der Waals surface area contributed by atoms with Crippen LogP contribution in [-0.2, 0) is 12.8 Å². The van der Waals surface area contributed by atoms with E-state index in [1.54, 1.807) is 19.2 Å². The maximum atomic E-state index is 14.6. The van der Waals surface area contributed by atoms with Crippen molar-refractivity contribution in [3.63, 3.8) is 0 Å². The molecule has 0 amide bonds. The number of likely N-dealkylation sites (N-methyl/N-ethyl adjacent to an activating group) is 1. The largest absolute Gasteiger partial charge is 0.496 e. The molecule has 2 aromatic carbocycles. The van der Waals surface area contributed by atoms with Gasteiger partial charge in [0.2, 0.25) is 0 Å². The van der Waals surface area contributed by atoms with Gasteiger partial charge in [0.1, 0.15) is 17.1 Å². The van der Waals surface area contributed by atoms with E-state index >= 15 is 0 Å². The molecule has 1 aliphatic carbocycles.